The maximum atomic E-state index is 4.14. The summed E-state index contributed by atoms with van der Waals surface area (Å²) in [6.45, 7) is 3.21. The Morgan fingerprint density at radius 1 is 0.950 bits per heavy atom. The number of benzene rings is 1. The molecule has 0 aliphatic rings. The highest BCUT2D eigenvalue weighted by molar-refractivity contribution is 5.64. The quantitative estimate of drug-likeness (QED) is 0.716. The summed E-state index contributed by atoms with van der Waals surface area (Å²) in [7, 11) is 0. The van der Waals surface area contributed by atoms with Gasteiger partial charge in [-0.15, -0.1) is 5.10 Å². The SMILES string of the molecule is CCCCCCCNc1cc(-c2ccccc2)cnn1. The molecule has 0 bridgehead atoms. The molecular formula is C17H23N3. The summed E-state index contributed by atoms with van der Waals surface area (Å²) in [5, 5.41) is 11.6. The van der Waals surface area contributed by atoms with Gasteiger partial charge in [0.25, 0.3) is 0 Å². The van der Waals surface area contributed by atoms with E-state index in [0.717, 1.165) is 17.9 Å². The van der Waals surface area contributed by atoms with Gasteiger partial charge in [0.05, 0.1) is 6.20 Å². The van der Waals surface area contributed by atoms with Crippen LogP contribution in [0.5, 0.6) is 0 Å². The zero-order valence-electron chi connectivity index (χ0n) is 12.2. The molecule has 0 amide bonds. The molecule has 0 aliphatic heterocycles. The molecule has 0 saturated heterocycles. The van der Waals surface area contributed by atoms with Crippen molar-refractivity contribution in [1.82, 2.24) is 10.2 Å². The van der Waals surface area contributed by atoms with Crippen LogP contribution in [0.3, 0.4) is 0 Å². The van der Waals surface area contributed by atoms with E-state index in [2.05, 4.69) is 40.6 Å². The number of hydrogen-bond donors (Lipinski definition) is 1. The van der Waals surface area contributed by atoms with Crippen molar-refractivity contribution in [2.24, 2.45) is 0 Å². The lowest BCUT2D eigenvalue weighted by atomic mass is 10.1. The van der Waals surface area contributed by atoms with E-state index in [0.29, 0.717) is 0 Å². The Morgan fingerprint density at radius 2 is 1.75 bits per heavy atom. The minimum Gasteiger partial charge on any atom is -0.369 e. The summed E-state index contributed by atoms with van der Waals surface area (Å²) in [5.41, 5.74) is 2.28. The summed E-state index contributed by atoms with van der Waals surface area (Å²) < 4.78 is 0. The first-order chi connectivity index (χ1) is 9.90. The first kappa shape index (κ1) is 14.5. The van der Waals surface area contributed by atoms with Crippen LogP contribution in [0.4, 0.5) is 5.82 Å². The summed E-state index contributed by atoms with van der Waals surface area (Å²) in [5.74, 6) is 0.863. The Bertz CT molecular complexity index is 497. The second-order valence-corrected chi connectivity index (χ2v) is 5.04. The van der Waals surface area contributed by atoms with Crippen LogP contribution in [0.2, 0.25) is 0 Å². The Balaban J connectivity index is 1.84. The number of unbranched alkanes of at least 4 members (excludes halogenated alkanes) is 4. The zero-order valence-corrected chi connectivity index (χ0v) is 12.2. The third-order valence-electron chi connectivity index (χ3n) is 3.35. The van der Waals surface area contributed by atoms with Crippen LogP contribution in [0, 0.1) is 0 Å². The third-order valence-corrected chi connectivity index (χ3v) is 3.35. The molecule has 0 radical (unpaired) electrons. The monoisotopic (exact) mass is 269 g/mol. The number of hydrogen-bond acceptors (Lipinski definition) is 3. The van der Waals surface area contributed by atoms with Crippen molar-refractivity contribution in [1.29, 1.82) is 0 Å². The highest BCUT2D eigenvalue weighted by atomic mass is 15.2. The van der Waals surface area contributed by atoms with Gasteiger partial charge in [0.1, 0.15) is 5.82 Å². The van der Waals surface area contributed by atoms with Crippen LogP contribution in [-0.4, -0.2) is 16.7 Å². The van der Waals surface area contributed by atoms with Gasteiger partial charge in [-0.2, -0.15) is 5.10 Å². The van der Waals surface area contributed by atoms with Gasteiger partial charge in [0.15, 0.2) is 0 Å². The molecule has 1 aromatic heterocycles. The lowest BCUT2D eigenvalue weighted by molar-refractivity contribution is 0.644. The van der Waals surface area contributed by atoms with Crippen molar-refractivity contribution >= 4 is 5.82 Å². The molecule has 0 aliphatic carbocycles. The first-order valence-corrected chi connectivity index (χ1v) is 7.52. The van der Waals surface area contributed by atoms with E-state index in [-0.39, 0.29) is 0 Å². The summed E-state index contributed by atoms with van der Waals surface area (Å²) in [6, 6.07) is 12.3. The summed E-state index contributed by atoms with van der Waals surface area (Å²) >= 11 is 0. The molecule has 2 rings (SSSR count). The topological polar surface area (TPSA) is 37.8 Å². The fourth-order valence-electron chi connectivity index (χ4n) is 2.19. The fraction of sp³-hybridized carbons (Fsp3) is 0.412. The van der Waals surface area contributed by atoms with Gasteiger partial charge in [0, 0.05) is 12.1 Å². The van der Waals surface area contributed by atoms with Crippen molar-refractivity contribution in [2.75, 3.05) is 11.9 Å². The maximum absolute atomic E-state index is 4.14. The van der Waals surface area contributed by atoms with Gasteiger partial charge in [-0.25, -0.2) is 0 Å². The molecule has 0 unspecified atom stereocenters. The second-order valence-electron chi connectivity index (χ2n) is 5.04. The summed E-state index contributed by atoms with van der Waals surface area (Å²) in [4.78, 5) is 0. The third kappa shape index (κ3) is 4.65. The molecule has 3 nitrogen and oxygen atoms in total. The Hall–Kier alpha value is -1.90. The highest BCUT2D eigenvalue weighted by Gasteiger charge is 2.00. The number of aromatic nitrogens is 2. The van der Waals surface area contributed by atoms with Gasteiger partial charge >= 0.3 is 0 Å². The molecule has 0 spiro atoms. The van der Waals surface area contributed by atoms with Crippen molar-refractivity contribution in [3.05, 3.63) is 42.6 Å². The van der Waals surface area contributed by atoms with E-state index in [1.807, 2.05) is 24.4 Å². The lowest BCUT2D eigenvalue weighted by Gasteiger charge is -2.06. The van der Waals surface area contributed by atoms with Gasteiger partial charge in [-0.05, 0) is 18.1 Å². The van der Waals surface area contributed by atoms with Crippen molar-refractivity contribution in [3.8, 4) is 11.1 Å². The van der Waals surface area contributed by atoms with Crippen LogP contribution in [0.25, 0.3) is 11.1 Å². The minimum atomic E-state index is 0.863. The van der Waals surface area contributed by atoms with Crippen molar-refractivity contribution in [2.45, 2.75) is 39.0 Å². The van der Waals surface area contributed by atoms with E-state index in [1.165, 1.54) is 37.7 Å². The van der Waals surface area contributed by atoms with Crippen LogP contribution in [0.1, 0.15) is 39.0 Å². The van der Waals surface area contributed by atoms with Crippen LogP contribution >= 0.6 is 0 Å². The normalized spacial score (nSPS) is 10.4. The largest absolute Gasteiger partial charge is 0.369 e. The van der Waals surface area contributed by atoms with Crippen molar-refractivity contribution < 1.29 is 0 Å². The Kier molecular flexibility index (Phi) is 6.03. The molecule has 1 N–H and O–H groups in total. The summed E-state index contributed by atoms with van der Waals surface area (Å²) in [6.07, 6.45) is 8.24. The standard InChI is InChI=1S/C17H23N3/c1-2-3-4-5-9-12-18-17-13-16(14-19-20-17)15-10-7-6-8-11-15/h6-8,10-11,13-14H,2-5,9,12H2,1H3,(H,18,20). The average Bonchev–Trinajstić information content (AvgIpc) is 2.52. The van der Waals surface area contributed by atoms with Crippen LogP contribution < -0.4 is 5.32 Å². The van der Waals surface area contributed by atoms with Gasteiger partial charge < -0.3 is 5.32 Å². The molecular weight excluding hydrogens is 246 g/mol. The molecule has 1 aromatic carbocycles. The fourth-order valence-corrected chi connectivity index (χ4v) is 2.19. The molecule has 3 heteroatoms. The zero-order chi connectivity index (χ0) is 14.0. The predicted molar refractivity (Wildman–Crippen MR) is 84.7 cm³/mol. The van der Waals surface area contributed by atoms with E-state index in [9.17, 15) is 0 Å². The van der Waals surface area contributed by atoms with Gasteiger partial charge in [0.2, 0.25) is 0 Å². The van der Waals surface area contributed by atoms with Crippen LogP contribution in [-0.2, 0) is 0 Å². The molecule has 1 heterocycles. The number of rotatable bonds is 8. The molecule has 2 aromatic rings. The Morgan fingerprint density at radius 3 is 2.55 bits per heavy atom. The number of nitrogens with one attached hydrogen (secondary N) is 1. The average molecular weight is 269 g/mol. The van der Waals surface area contributed by atoms with Gasteiger partial charge in [-0.1, -0.05) is 62.9 Å². The molecule has 0 fully saturated rings. The minimum absolute atomic E-state index is 0.863. The van der Waals surface area contributed by atoms with E-state index in [1.54, 1.807) is 0 Å². The predicted octanol–water partition coefficient (Wildman–Crippen LogP) is 4.53. The van der Waals surface area contributed by atoms with Crippen LogP contribution in [0.15, 0.2) is 42.6 Å². The van der Waals surface area contributed by atoms with E-state index < -0.39 is 0 Å². The number of anilines is 1. The van der Waals surface area contributed by atoms with Crippen molar-refractivity contribution in [3.63, 3.8) is 0 Å². The Labute approximate surface area is 121 Å². The lowest BCUT2D eigenvalue weighted by Crippen LogP contribution is -2.04. The molecule has 20 heavy (non-hydrogen) atoms. The second kappa shape index (κ2) is 8.31. The van der Waals surface area contributed by atoms with E-state index in [4.69, 9.17) is 0 Å². The molecule has 106 valence electrons. The highest BCUT2D eigenvalue weighted by Crippen LogP contribution is 2.19. The molecule has 0 atom stereocenters. The first-order valence-electron chi connectivity index (χ1n) is 7.52. The smallest absolute Gasteiger partial charge is 0.149 e. The van der Waals surface area contributed by atoms with E-state index >= 15 is 0 Å². The van der Waals surface area contributed by atoms with Gasteiger partial charge in [-0.3, -0.25) is 0 Å². The number of nitrogens with zero attached hydrogens (tertiary/aromatic N) is 2. The molecule has 0 saturated carbocycles. The maximum Gasteiger partial charge on any atom is 0.149 e.